The second-order valence-corrected chi connectivity index (χ2v) is 5.33. The maximum Gasteiger partial charge on any atom is 0.161 e. The van der Waals surface area contributed by atoms with Gasteiger partial charge in [0.05, 0.1) is 13.2 Å². The molecular weight excluding hydrogens is 238 g/mol. The molecule has 1 heterocycles. The van der Waals surface area contributed by atoms with Gasteiger partial charge in [-0.15, -0.1) is 0 Å². The molecule has 19 heavy (non-hydrogen) atoms. The van der Waals surface area contributed by atoms with Gasteiger partial charge in [0, 0.05) is 6.42 Å². The van der Waals surface area contributed by atoms with Crippen molar-refractivity contribution in [1.29, 1.82) is 0 Å². The van der Waals surface area contributed by atoms with Gasteiger partial charge >= 0.3 is 0 Å². The summed E-state index contributed by atoms with van der Waals surface area (Å²) in [7, 11) is 0. The smallest absolute Gasteiger partial charge is 0.161 e. The van der Waals surface area contributed by atoms with Crippen LogP contribution in [0.5, 0.6) is 11.5 Å². The zero-order chi connectivity index (χ0) is 13.7. The van der Waals surface area contributed by atoms with Gasteiger partial charge in [-0.05, 0) is 42.6 Å². The van der Waals surface area contributed by atoms with Crippen LogP contribution >= 0.6 is 0 Å². The van der Waals surface area contributed by atoms with Gasteiger partial charge in [0.15, 0.2) is 11.5 Å². The standard InChI is InChI=1S/C16H25NO2/c1-4-17-11-12(2)13(3)14-6-7-15-16(10-14)19-9-5-8-18-15/h6-7,10,12-13,17H,4-5,8-9,11H2,1-3H3. The minimum absolute atomic E-state index is 0.510. The van der Waals surface area contributed by atoms with Crippen molar-refractivity contribution < 1.29 is 9.47 Å². The predicted molar refractivity (Wildman–Crippen MR) is 78.2 cm³/mol. The van der Waals surface area contributed by atoms with E-state index in [1.807, 2.05) is 6.07 Å². The van der Waals surface area contributed by atoms with Crippen LogP contribution in [0.3, 0.4) is 0 Å². The molecule has 0 saturated heterocycles. The third-order valence-corrected chi connectivity index (χ3v) is 3.87. The van der Waals surface area contributed by atoms with Crippen molar-refractivity contribution in [2.24, 2.45) is 5.92 Å². The summed E-state index contributed by atoms with van der Waals surface area (Å²) in [6.07, 6.45) is 0.955. The van der Waals surface area contributed by atoms with E-state index in [4.69, 9.17) is 9.47 Å². The van der Waals surface area contributed by atoms with Gasteiger partial charge in [-0.25, -0.2) is 0 Å². The highest BCUT2D eigenvalue weighted by Crippen LogP contribution is 2.34. The van der Waals surface area contributed by atoms with Crippen molar-refractivity contribution in [2.45, 2.75) is 33.1 Å². The average Bonchev–Trinajstić information content (AvgIpc) is 2.68. The molecule has 2 atom stereocenters. The van der Waals surface area contributed by atoms with Gasteiger partial charge in [0.2, 0.25) is 0 Å². The second-order valence-electron chi connectivity index (χ2n) is 5.33. The molecular formula is C16H25NO2. The van der Waals surface area contributed by atoms with E-state index in [2.05, 4.69) is 38.2 Å². The van der Waals surface area contributed by atoms with E-state index in [0.717, 1.165) is 44.2 Å². The van der Waals surface area contributed by atoms with Crippen LogP contribution in [-0.2, 0) is 0 Å². The number of benzene rings is 1. The summed E-state index contributed by atoms with van der Waals surface area (Å²) in [6, 6.07) is 6.36. The molecule has 0 aromatic heterocycles. The lowest BCUT2D eigenvalue weighted by Gasteiger charge is -2.21. The summed E-state index contributed by atoms with van der Waals surface area (Å²) in [4.78, 5) is 0. The number of fused-ring (bicyclic) bond motifs is 1. The Balaban J connectivity index is 2.09. The Labute approximate surface area is 116 Å². The topological polar surface area (TPSA) is 30.5 Å². The molecule has 2 unspecified atom stereocenters. The number of hydrogen-bond acceptors (Lipinski definition) is 3. The Morgan fingerprint density at radius 1 is 1.16 bits per heavy atom. The molecule has 1 aromatic carbocycles. The molecule has 0 spiro atoms. The molecule has 0 radical (unpaired) electrons. The maximum absolute atomic E-state index is 5.76. The number of rotatable bonds is 5. The van der Waals surface area contributed by atoms with Crippen molar-refractivity contribution in [3.05, 3.63) is 23.8 Å². The fourth-order valence-corrected chi connectivity index (χ4v) is 2.34. The number of hydrogen-bond donors (Lipinski definition) is 1. The van der Waals surface area contributed by atoms with E-state index in [1.54, 1.807) is 0 Å². The Bertz CT molecular complexity index is 406. The molecule has 1 aliphatic rings. The summed E-state index contributed by atoms with van der Waals surface area (Å²) in [5.74, 6) is 2.89. The van der Waals surface area contributed by atoms with Gasteiger partial charge in [-0.2, -0.15) is 0 Å². The van der Waals surface area contributed by atoms with E-state index in [0.29, 0.717) is 11.8 Å². The Hall–Kier alpha value is -1.22. The lowest BCUT2D eigenvalue weighted by Crippen LogP contribution is -2.24. The van der Waals surface area contributed by atoms with Crippen molar-refractivity contribution in [3.63, 3.8) is 0 Å². The second kappa shape index (κ2) is 6.80. The molecule has 0 saturated carbocycles. The minimum atomic E-state index is 0.510. The lowest BCUT2D eigenvalue weighted by molar-refractivity contribution is 0.297. The molecule has 3 nitrogen and oxygen atoms in total. The summed E-state index contributed by atoms with van der Waals surface area (Å²) in [6.45, 7) is 10.3. The van der Waals surface area contributed by atoms with E-state index >= 15 is 0 Å². The largest absolute Gasteiger partial charge is 0.490 e. The van der Waals surface area contributed by atoms with Crippen LogP contribution in [0, 0.1) is 5.92 Å². The Kier molecular flexibility index (Phi) is 5.08. The highest BCUT2D eigenvalue weighted by atomic mass is 16.5. The van der Waals surface area contributed by atoms with Gasteiger partial charge in [0.1, 0.15) is 0 Å². The normalized spacial score (nSPS) is 17.6. The first kappa shape index (κ1) is 14.2. The monoisotopic (exact) mass is 263 g/mol. The van der Waals surface area contributed by atoms with Gasteiger partial charge < -0.3 is 14.8 Å². The van der Waals surface area contributed by atoms with Crippen LogP contribution in [0.2, 0.25) is 0 Å². The van der Waals surface area contributed by atoms with Crippen LogP contribution < -0.4 is 14.8 Å². The number of ether oxygens (including phenoxy) is 2. The van der Waals surface area contributed by atoms with E-state index in [9.17, 15) is 0 Å². The molecule has 0 bridgehead atoms. The van der Waals surface area contributed by atoms with Crippen LogP contribution in [0.4, 0.5) is 0 Å². The third kappa shape index (κ3) is 3.63. The summed E-state index contributed by atoms with van der Waals surface area (Å²) < 4.78 is 11.4. The average molecular weight is 263 g/mol. The van der Waals surface area contributed by atoms with E-state index < -0.39 is 0 Å². The molecule has 0 amide bonds. The van der Waals surface area contributed by atoms with Crippen molar-refractivity contribution >= 4 is 0 Å². The molecule has 0 aliphatic carbocycles. The fraction of sp³-hybridized carbons (Fsp3) is 0.625. The quantitative estimate of drug-likeness (QED) is 0.885. The highest BCUT2D eigenvalue weighted by molar-refractivity contribution is 5.44. The van der Waals surface area contributed by atoms with Crippen molar-refractivity contribution in [3.8, 4) is 11.5 Å². The molecule has 1 N–H and O–H groups in total. The first-order chi connectivity index (χ1) is 9.22. The molecule has 2 rings (SSSR count). The van der Waals surface area contributed by atoms with Crippen LogP contribution in [-0.4, -0.2) is 26.3 Å². The maximum atomic E-state index is 5.76. The summed E-state index contributed by atoms with van der Waals surface area (Å²) >= 11 is 0. The van der Waals surface area contributed by atoms with Crippen LogP contribution in [0.25, 0.3) is 0 Å². The van der Waals surface area contributed by atoms with Crippen molar-refractivity contribution in [1.82, 2.24) is 5.32 Å². The molecule has 3 heteroatoms. The molecule has 1 aromatic rings. The van der Waals surface area contributed by atoms with Gasteiger partial charge in [0.25, 0.3) is 0 Å². The third-order valence-electron chi connectivity index (χ3n) is 3.87. The Morgan fingerprint density at radius 3 is 2.63 bits per heavy atom. The number of nitrogens with one attached hydrogen (secondary N) is 1. The first-order valence-electron chi connectivity index (χ1n) is 7.32. The first-order valence-corrected chi connectivity index (χ1v) is 7.32. The molecule has 1 aliphatic heterocycles. The molecule has 106 valence electrons. The van der Waals surface area contributed by atoms with Crippen LogP contribution in [0.15, 0.2) is 18.2 Å². The van der Waals surface area contributed by atoms with E-state index in [1.165, 1.54) is 5.56 Å². The van der Waals surface area contributed by atoms with Gasteiger partial charge in [-0.3, -0.25) is 0 Å². The predicted octanol–water partition coefficient (Wildman–Crippen LogP) is 3.20. The molecule has 0 fully saturated rings. The van der Waals surface area contributed by atoms with E-state index in [-0.39, 0.29) is 0 Å². The zero-order valence-corrected chi connectivity index (χ0v) is 12.2. The Morgan fingerprint density at radius 2 is 1.89 bits per heavy atom. The van der Waals surface area contributed by atoms with Crippen molar-refractivity contribution in [2.75, 3.05) is 26.3 Å². The van der Waals surface area contributed by atoms with Gasteiger partial charge in [-0.1, -0.05) is 26.8 Å². The minimum Gasteiger partial charge on any atom is -0.490 e. The SMILES string of the molecule is CCNCC(C)C(C)c1ccc2c(c1)OCCCO2. The highest BCUT2D eigenvalue weighted by Gasteiger charge is 2.17. The lowest BCUT2D eigenvalue weighted by atomic mass is 9.88. The zero-order valence-electron chi connectivity index (χ0n) is 12.2. The van der Waals surface area contributed by atoms with Crippen LogP contribution in [0.1, 0.15) is 38.7 Å². The summed E-state index contributed by atoms with van der Waals surface area (Å²) in [5.41, 5.74) is 1.33. The summed E-state index contributed by atoms with van der Waals surface area (Å²) in [5, 5.41) is 3.42. The fourth-order valence-electron chi connectivity index (χ4n) is 2.34.